The summed E-state index contributed by atoms with van der Waals surface area (Å²) in [7, 11) is 0. The summed E-state index contributed by atoms with van der Waals surface area (Å²) in [5, 5.41) is 0.852. The normalized spacial score (nSPS) is 10.3. The number of nitrogens with zero attached hydrogens (tertiary/aromatic N) is 1. The molecule has 0 bridgehead atoms. The van der Waals surface area contributed by atoms with Gasteiger partial charge in [-0.3, -0.25) is 4.98 Å². The molecule has 3 nitrogen and oxygen atoms in total. The Morgan fingerprint density at radius 2 is 1.94 bits per heavy atom. The van der Waals surface area contributed by atoms with Gasteiger partial charge in [-0.1, -0.05) is 29.3 Å². The molecule has 94 valence electrons. The number of pyridine rings is 1. The van der Waals surface area contributed by atoms with Crippen LogP contribution < -0.4 is 10.5 Å². The van der Waals surface area contributed by atoms with Gasteiger partial charge in [0, 0.05) is 24.4 Å². The number of halogens is 2. The first-order valence-electron chi connectivity index (χ1n) is 5.44. The smallest absolute Gasteiger partial charge is 0.143 e. The first kappa shape index (κ1) is 13.0. The van der Waals surface area contributed by atoms with Crippen molar-refractivity contribution in [1.29, 1.82) is 0 Å². The predicted molar refractivity (Wildman–Crippen MR) is 74.3 cm³/mol. The Kier molecular flexibility index (Phi) is 4.28. The summed E-state index contributed by atoms with van der Waals surface area (Å²) in [4.78, 5) is 4.21. The van der Waals surface area contributed by atoms with Crippen LogP contribution in [0.3, 0.4) is 0 Å². The van der Waals surface area contributed by atoms with Crippen LogP contribution in [0.5, 0.6) is 5.75 Å². The van der Waals surface area contributed by atoms with E-state index in [-0.39, 0.29) is 0 Å². The fourth-order valence-electron chi connectivity index (χ4n) is 1.48. The van der Waals surface area contributed by atoms with Gasteiger partial charge in [-0.15, -0.1) is 0 Å². The van der Waals surface area contributed by atoms with Crippen LogP contribution in [0.15, 0.2) is 36.5 Å². The quantitative estimate of drug-likeness (QED) is 0.872. The molecule has 2 N–H and O–H groups in total. The standard InChI is InChI=1S/C13H12Cl2N2O/c14-10-7-12(16)13(8-11(10)15)18-6-4-9-3-1-2-5-17-9/h1-3,5,7-8H,4,6,16H2. The summed E-state index contributed by atoms with van der Waals surface area (Å²) in [6.07, 6.45) is 2.46. The maximum absolute atomic E-state index is 5.90. The first-order valence-corrected chi connectivity index (χ1v) is 6.19. The van der Waals surface area contributed by atoms with Gasteiger partial charge in [0.15, 0.2) is 0 Å². The molecule has 1 aromatic heterocycles. The van der Waals surface area contributed by atoms with Crippen LogP contribution in [-0.4, -0.2) is 11.6 Å². The van der Waals surface area contributed by atoms with Gasteiger partial charge in [-0.2, -0.15) is 0 Å². The Hall–Kier alpha value is -1.45. The summed E-state index contributed by atoms with van der Waals surface area (Å²) in [6, 6.07) is 8.97. The van der Waals surface area contributed by atoms with E-state index < -0.39 is 0 Å². The SMILES string of the molecule is Nc1cc(Cl)c(Cl)cc1OCCc1ccccn1. The third kappa shape index (κ3) is 3.28. The van der Waals surface area contributed by atoms with Gasteiger partial charge in [-0.05, 0) is 18.2 Å². The van der Waals surface area contributed by atoms with Crippen molar-refractivity contribution in [1.82, 2.24) is 4.98 Å². The van der Waals surface area contributed by atoms with Crippen LogP contribution in [-0.2, 0) is 6.42 Å². The summed E-state index contributed by atoms with van der Waals surface area (Å²) in [6.45, 7) is 0.485. The van der Waals surface area contributed by atoms with E-state index in [2.05, 4.69) is 4.98 Å². The zero-order chi connectivity index (χ0) is 13.0. The monoisotopic (exact) mass is 282 g/mol. The van der Waals surface area contributed by atoms with Crippen LogP contribution in [0.1, 0.15) is 5.69 Å². The largest absolute Gasteiger partial charge is 0.491 e. The van der Waals surface area contributed by atoms with Crippen LogP contribution in [0.2, 0.25) is 10.0 Å². The fraction of sp³-hybridized carbons (Fsp3) is 0.154. The number of hydrogen-bond acceptors (Lipinski definition) is 3. The zero-order valence-electron chi connectivity index (χ0n) is 9.57. The maximum Gasteiger partial charge on any atom is 0.143 e. The minimum absolute atomic E-state index is 0.422. The fourth-order valence-corrected chi connectivity index (χ4v) is 1.81. The molecule has 0 saturated heterocycles. The second-order valence-corrected chi connectivity index (χ2v) is 4.54. The summed E-state index contributed by atoms with van der Waals surface area (Å²) < 4.78 is 5.57. The Morgan fingerprint density at radius 1 is 1.17 bits per heavy atom. The maximum atomic E-state index is 5.90. The lowest BCUT2D eigenvalue weighted by Crippen LogP contribution is -2.04. The number of hydrogen-bond donors (Lipinski definition) is 1. The molecular formula is C13H12Cl2N2O. The minimum Gasteiger partial charge on any atom is -0.491 e. The zero-order valence-corrected chi connectivity index (χ0v) is 11.1. The van der Waals surface area contributed by atoms with Crippen molar-refractivity contribution in [3.8, 4) is 5.75 Å². The van der Waals surface area contributed by atoms with Gasteiger partial charge in [0.2, 0.25) is 0 Å². The van der Waals surface area contributed by atoms with Crippen LogP contribution in [0, 0.1) is 0 Å². The van der Waals surface area contributed by atoms with E-state index in [1.54, 1.807) is 18.3 Å². The summed E-state index contributed by atoms with van der Waals surface area (Å²) >= 11 is 11.7. The average molecular weight is 283 g/mol. The number of benzene rings is 1. The molecule has 0 aliphatic rings. The van der Waals surface area contributed by atoms with Gasteiger partial charge in [0.25, 0.3) is 0 Å². The Morgan fingerprint density at radius 3 is 2.67 bits per heavy atom. The van der Waals surface area contributed by atoms with E-state index in [0.29, 0.717) is 34.5 Å². The molecule has 0 radical (unpaired) electrons. The van der Waals surface area contributed by atoms with E-state index in [1.165, 1.54) is 0 Å². The predicted octanol–water partition coefficient (Wildman–Crippen LogP) is 3.59. The number of nitrogens with two attached hydrogens (primary N) is 1. The highest BCUT2D eigenvalue weighted by atomic mass is 35.5. The summed E-state index contributed by atoms with van der Waals surface area (Å²) in [5.41, 5.74) is 7.23. The highest BCUT2D eigenvalue weighted by Gasteiger charge is 2.06. The van der Waals surface area contributed by atoms with Crippen LogP contribution in [0.4, 0.5) is 5.69 Å². The van der Waals surface area contributed by atoms with Gasteiger partial charge in [-0.25, -0.2) is 0 Å². The molecule has 2 aromatic rings. The lowest BCUT2D eigenvalue weighted by atomic mass is 10.3. The van der Waals surface area contributed by atoms with Crippen molar-refractivity contribution in [2.24, 2.45) is 0 Å². The van der Waals surface area contributed by atoms with E-state index in [9.17, 15) is 0 Å². The van der Waals surface area contributed by atoms with Crippen LogP contribution in [0.25, 0.3) is 0 Å². The molecule has 0 saturated carbocycles. The van der Waals surface area contributed by atoms with E-state index >= 15 is 0 Å². The third-order valence-electron chi connectivity index (χ3n) is 2.39. The molecule has 0 aliphatic heterocycles. The molecule has 0 aliphatic carbocycles. The number of aromatic nitrogens is 1. The van der Waals surface area contributed by atoms with Crippen LogP contribution >= 0.6 is 23.2 Å². The highest BCUT2D eigenvalue weighted by Crippen LogP contribution is 2.32. The molecule has 1 heterocycles. The molecule has 0 spiro atoms. The van der Waals surface area contributed by atoms with Crippen molar-refractivity contribution in [2.45, 2.75) is 6.42 Å². The van der Waals surface area contributed by atoms with Crippen molar-refractivity contribution in [3.63, 3.8) is 0 Å². The molecule has 5 heteroatoms. The van der Waals surface area contributed by atoms with Gasteiger partial charge in [0.1, 0.15) is 5.75 Å². The van der Waals surface area contributed by atoms with E-state index in [0.717, 1.165) is 5.69 Å². The van der Waals surface area contributed by atoms with Gasteiger partial charge >= 0.3 is 0 Å². The second-order valence-electron chi connectivity index (χ2n) is 3.72. The van der Waals surface area contributed by atoms with Crippen molar-refractivity contribution in [2.75, 3.05) is 12.3 Å². The molecule has 2 rings (SSSR count). The van der Waals surface area contributed by atoms with Crippen molar-refractivity contribution >= 4 is 28.9 Å². The van der Waals surface area contributed by atoms with Crippen molar-refractivity contribution in [3.05, 3.63) is 52.3 Å². The average Bonchev–Trinajstić information content (AvgIpc) is 2.37. The third-order valence-corrected chi connectivity index (χ3v) is 3.12. The number of nitrogen functional groups attached to an aromatic ring is 1. The van der Waals surface area contributed by atoms with Crippen molar-refractivity contribution < 1.29 is 4.74 Å². The molecule has 0 unspecified atom stereocenters. The molecule has 0 fully saturated rings. The Bertz CT molecular complexity index is 532. The van der Waals surface area contributed by atoms with Gasteiger partial charge < -0.3 is 10.5 Å². The molecule has 0 atom stereocenters. The number of ether oxygens (including phenoxy) is 1. The Labute approximate surface area is 115 Å². The number of anilines is 1. The Balaban J connectivity index is 1.97. The highest BCUT2D eigenvalue weighted by molar-refractivity contribution is 6.42. The first-order chi connectivity index (χ1) is 8.66. The second kappa shape index (κ2) is 5.94. The minimum atomic E-state index is 0.422. The molecule has 1 aromatic carbocycles. The molecular weight excluding hydrogens is 271 g/mol. The topological polar surface area (TPSA) is 48.1 Å². The van der Waals surface area contributed by atoms with Gasteiger partial charge in [0.05, 0.1) is 22.3 Å². The van der Waals surface area contributed by atoms with E-state index in [1.807, 2.05) is 18.2 Å². The summed E-state index contributed by atoms with van der Waals surface area (Å²) in [5.74, 6) is 0.542. The lowest BCUT2D eigenvalue weighted by Gasteiger charge is -2.09. The van der Waals surface area contributed by atoms with E-state index in [4.69, 9.17) is 33.7 Å². The molecule has 0 amide bonds. The number of rotatable bonds is 4. The lowest BCUT2D eigenvalue weighted by molar-refractivity contribution is 0.322. The molecule has 18 heavy (non-hydrogen) atoms.